The number of aromatic nitrogens is 2. The lowest BCUT2D eigenvalue weighted by Gasteiger charge is -2.33. The number of nitrogens with one attached hydrogen (secondary N) is 1. The second kappa shape index (κ2) is 7.85. The van der Waals surface area contributed by atoms with Gasteiger partial charge < -0.3 is 0 Å². The van der Waals surface area contributed by atoms with Crippen LogP contribution < -0.4 is 4.72 Å². The Morgan fingerprint density at radius 2 is 1.79 bits per heavy atom. The van der Waals surface area contributed by atoms with Gasteiger partial charge in [0.25, 0.3) is 0 Å². The summed E-state index contributed by atoms with van der Waals surface area (Å²) >= 11 is 0. The van der Waals surface area contributed by atoms with E-state index in [1.165, 1.54) is 18.4 Å². The van der Waals surface area contributed by atoms with E-state index < -0.39 is 10.0 Å². The number of sulfonamides is 1. The van der Waals surface area contributed by atoms with Gasteiger partial charge in [-0.1, -0.05) is 24.3 Å². The van der Waals surface area contributed by atoms with E-state index in [0.717, 1.165) is 46.5 Å². The van der Waals surface area contributed by atoms with Gasteiger partial charge in [0, 0.05) is 23.4 Å². The molecule has 2 aliphatic rings. The molecule has 2 unspecified atom stereocenters. The van der Waals surface area contributed by atoms with Crippen LogP contribution in [-0.2, 0) is 10.0 Å². The van der Waals surface area contributed by atoms with Gasteiger partial charge in [0.05, 0.1) is 24.0 Å². The van der Waals surface area contributed by atoms with E-state index in [2.05, 4.69) is 40.2 Å². The molecule has 0 aliphatic heterocycles. The largest absolute Gasteiger partial charge is 0.284 e. The Kier molecular flexibility index (Phi) is 4.89. The smallest absolute Gasteiger partial charge is 0.229 e. The minimum atomic E-state index is -3.32. The first-order chi connectivity index (χ1) is 16.4. The molecule has 2 aromatic heterocycles. The van der Waals surface area contributed by atoms with Crippen molar-refractivity contribution in [2.24, 2.45) is 17.8 Å². The zero-order valence-electron chi connectivity index (χ0n) is 19.0. The molecule has 2 heterocycles. The van der Waals surface area contributed by atoms with Crippen LogP contribution in [0.4, 0.5) is 5.69 Å². The van der Waals surface area contributed by atoms with Crippen LogP contribution in [-0.4, -0.2) is 24.3 Å². The summed E-state index contributed by atoms with van der Waals surface area (Å²) in [6.45, 7) is 0. The number of fused-ring (bicyclic) bond motifs is 4. The van der Waals surface area contributed by atoms with Crippen LogP contribution in [0.15, 0.2) is 60.9 Å². The van der Waals surface area contributed by atoms with Crippen molar-refractivity contribution in [3.05, 3.63) is 66.5 Å². The van der Waals surface area contributed by atoms with Gasteiger partial charge in [-0.15, -0.1) is 0 Å². The van der Waals surface area contributed by atoms with Crippen molar-refractivity contribution >= 4 is 32.0 Å². The van der Waals surface area contributed by atoms with Gasteiger partial charge in [-0.05, 0) is 89.6 Å². The Labute approximate surface area is 199 Å². The first-order valence-corrected chi connectivity index (χ1v) is 13.7. The molecular formula is C27H26N4O2S. The van der Waals surface area contributed by atoms with E-state index in [1.54, 1.807) is 6.07 Å². The van der Waals surface area contributed by atoms with E-state index in [0.29, 0.717) is 23.4 Å². The molecule has 0 amide bonds. The van der Waals surface area contributed by atoms with Gasteiger partial charge in [-0.2, -0.15) is 10.4 Å². The Hall–Kier alpha value is -3.37. The van der Waals surface area contributed by atoms with Gasteiger partial charge in [0.1, 0.15) is 0 Å². The SMILES string of the molecule is CS(=O)(=O)Nc1ccc2cc(-c3cnn4cccc(C5C6CCC5CC(C#N)C6)c34)ccc2c1. The van der Waals surface area contributed by atoms with Gasteiger partial charge in [-0.3, -0.25) is 4.72 Å². The molecule has 4 aromatic rings. The summed E-state index contributed by atoms with van der Waals surface area (Å²) in [7, 11) is -3.32. The van der Waals surface area contributed by atoms with E-state index in [9.17, 15) is 13.7 Å². The maximum absolute atomic E-state index is 11.6. The third kappa shape index (κ3) is 3.63. The lowest BCUT2D eigenvalue weighted by atomic mass is 9.70. The van der Waals surface area contributed by atoms with Crippen molar-refractivity contribution in [2.45, 2.75) is 31.6 Å². The Bertz CT molecular complexity index is 1550. The first-order valence-electron chi connectivity index (χ1n) is 11.8. The van der Waals surface area contributed by atoms with E-state index in [-0.39, 0.29) is 5.92 Å². The fraction of sp³-hybridized carbons (Fsp3) is 0.333. The second-order valence-electron chi connectivity index (χ2n) is 9.89. The molecule has 34 heavy (non-hydrogen) atoms. The second-order valence-corrected chi connectivity index (χ2v) is 11.6. The number of rotatable bonds is 4. The highest BCUT2D eigenvalue weighted by molar-refractivity contribution is 7.92. The first kappa shape index (κ1) is 21.2. The Morgan fingerprint density at radius 1 is 1.06 bits per heavy atom. The molecule has 2 atom stereocenters. The van der Waals surface area contributed by atoms with Crippen molar-refractivity contribution in [1.82, 2.24) is 9.61 Å². The van der Waals surface area contributed by atoms with Gasteiger partial charge >= 0.3 is 0 Å². The van der Waals surface area contributed by atoms with Crippen molar-refractivity contribution in [3.8, 4) is 17.2 Å². The Morgan fingerprint density at radius 3 is 2.53 bits per heavy atom. The summed E-state index contributed by atoms with van der Waals surface area (Å²) < 4.78 is 27.7. The predicted molar refractivity (Wildman–Crippen MR) is 134 cm³/mol. The summed E-state index contributed by atoms with van der Waals surface area (Å²) in [6.07, 6.45) is 9.53. The number of hydrogen-bond acceptors (Lipinski definition) is 4. The topological polar surface area (TPSA) is 87.3 Å². The molecule has 2 aromatic carbocycles. The monoisotopic (exact) mass is 470 g/mol. The third-order valence-electron chi connectivity index (χ3n) is 7.67. The third-order valence-corrected chi connectivity index (χ3v) is 8.27. The maximum atomic E-state index is 11.6. The highest BCUT2D eigenvalue weighted by Crippen LogP contribution is 2.55. The maximum Gasteiger partial charge on any atom is 0.229 e. The van der Waals surface area contributed by atoms with E-state index >= 15 is 0 Å². The van der Waals surface area contributed by atoms with E-state index in [1.807, 2.05) is 35.1 Å². The van der Waals surface area contributed by atoms with Crippen LogP contribution in [0.1, 0.15) is 37.2 Å². The fourth-order valence-electron chi connectivity index (χ4n) is 6.38. The van der Waals surface area contributed by atoms with Crippen molar-refractivity contribution in [3.63, 3.8) is 0 Å². The van der Waals surface area contributed by atoms with Crippen LogP contribution in [0.5, 0.6) is 0 Å². The number of anilines is 1. The quantitative estimate of drug-likeness (QED) is 0.422. The number of nitrogens with zero attached hydrogens (tertiary/aromatic N) is 3. The molecule has 0 saturated heterocycles. The van der Waals surface area contributed by atoms with Crippen LogP contribution in [0, 0.1) is 29.1 Å². The molecule has 2 saturated carbocycles. The van der Waals surface area contributed by atoms with Crippen molar-refractivity contribution in [2.75, 3.05) is 11.0 Å². The molecule has 0 radical (unpaired) electrons. The van der Waals surface area contributed by atoms with Gasteiger partial charge in [0.15, 0.2) is 0 Å². The average Bonchev–Trinajstić information content (AvgIpc) is 3.36. The highest BCUT2D eigenvalue weighted by Gasteiger charge is 2.44. The summed E-state index contributed by atoms with van der Waals surface area (Å²) in [5.74, 6) is 1.80. The molecule has 2 aliphatic carbocycles. The number of pyridine rings is 1. The van der Waals surface area contributed by atoms with Crippen molar-refractivity contribution < 1.29 is 8.42 Å². The molecule has 2 fully saturated rings. The molecule has 6 rings (SSSR count). The zero-order chi connectivity index (χ0) is 23.4. The molecule has 7 heteroatoms. The predicted octanol–water partition coefficient (Wildman–Crippen LogP) is 5.57. The summed E-state index contributed by atoms with van der Waals surface area (Å²) in [4.78, 5) is 0. The summed E-state index contributed by atoms with van der Waals surface area (Å²) in [5.41, 5.74) is 5.28. The van der Waals surface area contributed by atoms with Crippen molar-refractivity contribution in [1.29, 1.82) is 5.26 Å². The summed E-state index contributed by atoms with van der Waals surface area (Å²) in [6, 6.07) is 18.7. The fourth-order valence-corrected chi connectivity index (χ4v) is 6.94. The molecule has 172 valence electrons. The molecule has 2 bridgehead atoms. The number of benzene rings is 2. The van der Waals surface area contributed by atoms with Crippen LogP contribution in [0.2, 0.25) is 0 Å². The van der Waals surface area contributed by atoms with Gasteiger partial charge in [0.2, 0.25) is 10.0 Å². The molecule has 1 N–H and O–H groups in total. The summed E-state index contributed by atoms with van der Waals surface area (Å²) in [5, 5.41) is 16.2. The van der Waals surface area contributed by atoms with Crippen LogP contribution in [0.25, 0.3) is 27.4 Å². The lowest BCUT2D eigenvalue weighted by molar-refractivity contribution is 0.261. The molecular weight excluding hydrogens is 444 g/mol. The van der Waals surface area contributed by atoms with E-state index in [4.69, 9.17) is 0 Å². The molecule has 6 nitrogen and oxygen atoms in total. The van der Waals surface area contributed by atoms with Gasteiger partial charge in [-0.25, -0.2) is 12.9 Å². The minimum absolute atomic E-state index is 0.195. The average molecular weight is 471 g/mol. The standard InChI is InChI=1S/C27H26N4O2S/c1-34(32,33)30-23-9-8-18-13-20(5-4-19(18)14-23)25-16-29-31-10-2-3-24(27(25)31)26-21-6-7-22(26)12-17(11-21)15-28/h2-5,8-10,13-14,16-17,21-22,26,30H,6-7,11-12H2,1H3. The Balaban J connectivity index is 1.43. The van der Waals surface area contributed by atoms with Crippen LogP contribution >= 0.6 is 0 Å². The minimum Gasteiger partial charge on any atom is -0.284 e. The van der Waals surface area contributed by atoms with Crippen LogP contribution in [0.3, 0.4) is 0 Å². The molecule has 0 spiro atoms. The number of hydrogen-bond donors (Lipinski definition) is 1. The zero-order valence-corrected chi connectivity index (χ0v) is 19.8. The normalized spacial score (nSPS) is 24.4. The highest BCUT2D eigenvalue weighted by atomic mass is 32.2. The number of nitriles is 1. The lowest BCUT2D eigenvalue weighted by Crippen LogP contribution is -2.24.